The first kappa shape index (κ1) is 11.4. The summed E-state index contributed by atoms with van der Waals surface area (Å²) in [7, 11) is 0. The molecule has 1 unspecified atom stereocenters. The van der Waals surface area contributed by atoms with Crippen LogP contribution in [0, 0.1) is 0 Å². The smallest absolute Gasteiger partial charge is 0.449 e. The second-order valence-electron chi connectivity index (χ2n) is 2.20. The van der Waals surface area contributed by atoms with Crippen LogP contribution in [0.25, 0.3) is 0 Å². The third-order valence-electron chi connectivity index (χ3n) is 1.33. The van der Waals surface area contributed by atoms with Crippen molar-refractivity contribution in [2.75, 3.05) is 0 Å². The first-order valence-electron chi connectivity index (χ1n) is 2.42. The number of hydrogen-bond donors (Lipinski definition) is 0. The summed E-state index contributed by atoms with van der Waals surface area (Å²) in [4.78, 5) is 0. The fourth-order valence-corrected chi connectivity index (χ4v) is 0.644. The third kappa shape index (κ3) is 2.44. The molecule has 10 heavy (non-hydrogen) atoms. The fourth-order valence-electron chi connectivity index (χ4n) is 0.644. The predicted octanol–water partition coefficient (Wildman–Crippen LogP) is 1.97. The van der Waals surface area contributed by atoms with Crippen LogP contribution in [0.5, 0.6) is 0 Å². The van der Waals surface area contributed by atoms with Gasteiger partial charge in [0.15, 0.2) is 0 Å². The minimum Gasteiger partial charge on any atom is -0.449 e. The molecule has 55 valence electrons. The van der Waals surface area contributed by atoms with Crippen molar-refractivity contribution in [3.8, 4) is 0 Å². The molecule has 1 aliphatic carbocycles. The maximum Gasteiger partial charge on any atom is 1.00 e. The molecule has 1 aliphatic rings. The summed E-state index contributed by atoms with van der Waals surface area (Å²) in [5.41, 5.74) is 0. The van der Waals surface area contributed by atoms with Gasteiger partial charge in [0.05, 0.1) is 0 Å². The molecule has 0 bridgehead atoms. The van der Waals surface area contributed by atoms with Crippen molar-refractivity contribution >= 4 is 58.4 Å². The Balaban J connectivity index is 0. The van der Waals surface area contributed by atoms with Gasteiger partial charge in [0.2, 0.25) is 5.92 Å². The van der Waals surface area contributed by atoms with E-state index in [1.165, 1.54) is 0 Å². The fraction of sp³-hybridized carbons (Fsp3) is 1.00. The van der Waals surface area contributed by atoms with Crippen LogP contribution in [0.4, 0.5) is 21.7 Å². The summed E-state index contributed by atoms with van der Waals surface area (Å²) >= 11 is 0. The molecule has 0 aromatic rings. The molecule has 0 aromatic carbocycles. The minimum atomic E-state index is -5.29. The molecule has 1 fully saturated rings. The number of rotatable bonds is 1. The molecule has 1 rings (SSSR count). The molecule has 0 spiro atoms. The largest absolute Gasteiger partial charge is 1.00 e. The van der Waals surface area contributed by atoms with E-state index in [2.05, 4.69) is 0 Å². The third-order valence-corrected chi connectivity index (χ3v) is 1.33. The van der Waals surface area contributed by atoms with E-state index < -0.39 is 25.1 Å². The normalized spacial score (nSPS) is 29.1. The molecule has 0 nitrogen and oxygen atoms in total. The van der Waals surface area contributed by atoms with Gasteiger partial charge < -0.3 is 12.9 Å². The predicted molar refractivity (Wildman–Crippen MR) is 29.3 cm³/mol. The Hall–Kier alpha value is 1.35. The van der Waals surface area contributed by atoms with E-state index in [-0.39, 0.29) is 52.8 Å². The summed E-state index contributed by atoms with van der Waals surface area (Å²) < 4.78 is 57.1. The van der Waals surface area contributed by atoms with Crippen LogP contribution in [0.15, 0.2) is 0 Å². The molecule has 0 aliphatic heterocycles. The van der Waals surface area contributed by atoms with Crippen molar-refractivity contribution in [1.29, 1.82) is 0 Å². The van der Waals surface area contributed by atoms with Crippen molar-refractivity contribution in [2.45, 2.75) is 18.2 Å². The first-order valence-corrected chi connectivity index (χ1v) is 2.42. The van der Waals surface area contributed by atoms with Crippen molar-refractivity contribution in [1.82, 2.24) is 0 Å². The number of hydrogen-bond acceptors (Lipinski definition) is 0. The molecular weight excluding hydrogens is 181 g/mol. The van der Waals surface area contributed by atoms with Crippen LogP contribution in [0.1, 0.15) is 7.85 Å². The van der Waals surface area contributed by atoms with E-state index in [4.69, 9.17) is 0 Å². The maximum atomic E-state index is 11.6. The van der Waals surface area contributed by atoms with E-state index in [9.17, 15) is 21.7 Å². The molecule has 0 heterocycles. The molecule has 1 radical (unpaired) electrons. The van der Waals surface area contributed by atoms with Crippen LogP contribution < -0.4 is 0 Å². The van der Waals surface area contributed by atoms with Gasteiger partial charge in [0.25, 0.3) is 0 Å². The van der Waals surface area contributed by atoms with Gasteiger partial charge in [-0.1, -0.05) is 0 Å². The Morgan fingerprint density at radius 3 is 1.60 bits per heavy atom. The summed E-state index contributed by atoms with van der Waals surface area (Å²) in [5.74, 6) is -5.75. The second kappa shape index (κ2) is 3.01. The van der Waals surface area contributed by atoms with Gasteiger partial charge in [-0.05, 0) is 12.2 Å². The molecule has 0 aromatic heterocycles. The van der Waals surface area contributed by atoms with Crippen molar-refractivity contribution in [3.63, 3.8) is 0 Å². The zero-order chi connectivity index (χ0) is 7.28. The molecule has 1 saturated carbocycles. The molecule has 7 heteroatoms. The Morgan fingerprint density at radius 1 is 1.30 bits per heavy atom. The molecular formula is C3H4BF5K. The van der Waals surface area contributed by atoms with Crippen molar-refractivity contribution in [2.24, 2.45) is 0 Å². The van der Waals surface area contributed by atoms with Gasteiger partial charge in [-0.25, -0.2) is 8.78 Å². The Labute approximate surface area is 98.5 Å². The van der Waals surface area contributed by atoms with Crippen LogP contribution in [0.2, 0.25) is 5.82 Å². The second-order valence-corrected chi connectivity index (χ2v) is 2.20. The summed E-state index contributed by atoms with van der Waals surface area (Å²) in [6.45, 7) is -5.29. The summed E-state index contributed by atoms with van der Waals surface area (Å²) in [6, 6.07) is 0. The Bertz CT molecular complexity index is 136. The van der Waals surface area contributed by atoms with E-state index in [0.717, 1.165) is 0 Å². The topological polar surface area (TPSA) is 0 Å². The van der Waals surface area contributed by atoms with Crippen LogP contribution in [-0.4, -0.2) is 64.3 Å². The Kier molecular flexibility index (Phi) is 3.41. The average Bonchev–Trinajstić information content (AvgIpc) is 2.10. The van der Waals surface area contributed by atoms with Crippen molar-refractivity contribution in [3.05, 3.63) is 0 Å². The quantitative estimate of drug-likeness (QED) is 0.432. The van der Waals surface area contributed by atoms with E-state index >= 15 is 0 Å². The molecule has 0 N–H and O–H groups in total. The van der Waals surface area contributed by atoms with Gasteiger partial charge >= 0.3 is 8.40 Å². The standard InChI is InChI=1S/C3H3BF5.K/c5-3(6)1-2(3)4(7,8)9;/h2H,1H2;/q-1;/p+1. The average molecular weight is 185 g/mol. The monoisotopic (exact) mass is 185 g/mol. The van der Waals surface area contributed by atoms with Gasteiger partial charge in [-0.2, -0.15) is 0 Å². The maximum absolute atomic E-state index is 11.6. The van der Waals surface area contributed by atoms with Gasteiger partial charge in [0, 0.05) is 51.4 Å². The van der Waals surface area contributed by atoms with Crippen molar-refractivity contribution < 1.29 is 23.2 Å². The van der Waals surface area contributed by atoms with Gasteiger partial charge in [-0.3, -0.25) is 0 Å². The van der Waals surface area contributed by atoms with Gasteiger partial charge in [-0.15, -0.1) is 0 Å². The summed E-state index contributed by atoms with van der Waals surface area (Å²) in [6.07, 6.45) is -1.00. The summed E-state index contributed by atoms with van der Waals surface area (Å²) in [5, 5.41) is 0. The number of halogens is 5. The molecule has 0 saturated heterocycles. The Morgan fingerprint density at radius 2 is 1.60 bits per heavy atom. The van der Waals surface area contributed by atoms with E-state index in [0.29, 0.717) is 0 Å². The number of alkyl halides is 2. The van der Waals surface area contributed by atoms with Crippen LogP contribution in [0.3, 0.4) is 0 Å². The van der Waals surface area contributed by atoms with Crippen LogP contribution in [-0.2, 0) is 0 Å². The SMILES string of the molecule is F[B-](F)(F)C1CC1(F)F.[H+].[K]. The molecule has 0 amide bonds. The van der Waals surface area contributed by atoms with Gasteiger partial charge in [0.1, 0.15) is 0 Å². The first-order chi connectivity index (χ1) is 3.84. The van der Waals surface area contributed by atoms with E-state index in [1.54, 1.807) is 0 Å². The van der Waals surface area contributed by atoms with Crippen LogP contribution >= 0.6 is 0 Å². The van der Waals surface area contributed by atoms with E-state index in [1.807, 2.05) is 0 Å². The molecule has 1 atom stereocenters. The minimum absolute atomic E-state index is 0. The zero-order valence-corrected chi connectivity index (χ0v) is 8.37. The zero-order valence-electron chi connectivity index (χ0n) is 6.25.